The number of hydrogen-bond donors (Lipinski definition) is 3. The van der Waals surface area contributed by atoms with E-state index in [1.54, 1.807) is 0 Å². The van der Waals surface area contributed by atoms with Gasteiger partial charge in [0.2, 0.25) is 0 Å². The van der Waals surface area contributed by atoms with Crippen molar-refractivity contribution in [1.82, 2.24) is 4.98 Å². The zero-order valence-electron chi connectivity index (χ0n) is 13.1. The van der Waals surface area contributed by atoms with Crippen LogP contribution in [0.25, 0.3) is 10.8 Å². The molecule has 4 nitrogen and oxygen atoms in total. The first-order valence-electron chi connectivity index (χ1n) is 7.42. The first-order valence-corrected chi connectivity index (χ1v) is 7.42. The number of pyridine rings is 1. The van der Waals surface area contributed by atoms with E-state index >= 15 is 0 Å². The third-order valence-electron chi connectivity index (χ3n) is 3.84. The van der Waals surface area contributed by atoms with Gasteiger partial charge in [-0.2, -0.15) is 0 Å². The van der Waals surface area contributed by atoms with Gasteiger partial charge < -0.3 is 16.2 Å². The first kappa shape index (κ1) is 15.6. The Morgan fingerprint density at radius 2 is 2.05 bits per heavy atom. The predicted octanol–water partition coefficient (Wildman–Crippen LogP) is 3.34. The average molecular weight is 287 g/mol. The number of aromatic nitrogens is 1. The summed E-state index contributed by atoms with van der Waals surface area (Å²) in [4.78, 5) is 4.32. The normalized spacial score (nSPS) is 11.8. The van der Waals surface area contributed by atoms with Crippen LogP contribution in [-0.4, -0.2) is 23.2 Å². The van der Waals surface area contributed by atoms with E-state index in [1.165, 1.54) is 0 Å². The standard InChI is InChI=1S/C17H25N3O/c1-12-9-13-14(10-19-12)15(18)5-6-16(13)20-11-17(2,3)7-4-8-21/h5-6,9-10,20-21H,4,7-8,11,18H2,1-3H3. The lowest BCUT2D eigenvalue weighted by Gasteiger charge is -2.26. The molecule has 0 bridgehead atoms. The summed E-state index contributed by atoms with van der Waals surface area (Å²) in [5.74, 6) is 0. The second-order valence-electron chi connectivity index (χ2n) is 6.42. The second kappa shape index (κ2) is 6.31. The van der Waals surface area contributed by atoms with Crippen LogP contribution >= 0.6 is 0 Å². The van der Waals surface area contributed by atoms with Gasteiger partial charge >= 0.3 is 0 Å². The van der Waals surface area contributed by atoms with Crippen molar-refractivity contribution in [2.75, 3.05) is 24.2 Å². The van der Waals surface area contributed by atoms with Crippen molar-refractivity contribution < 1.29 is 5.11 Å². The van der Waals surface area contributed by atoms with E-state index in [-0.39, 0.29) is 12.0 Å². The van der Waals surface area contributed by atoms with Gasteiger partial charge in [0.15, 0.2) is 0 Å². The van der Waals surface area contributed by atoms with Crippen molar-refractivity contribution in [3.8, 4) is 0 Å². The number of nitrogens with two attached hydrogens (primary N) is 1. The molecule has 0 saturated carbocycles. The van der Waals surface area contributed by atoms with E-state index < -0.39 is 0 Å². The van der Waals surface area contributed by atoms with Crippen LogP contribution in [0.2, 0.25) is 0 Å². The molecule has 0 amide bonds. The fraction of sp³-hybridized carbons (Fsp3) is 0.471. The first-order chi connectivity index (χ1) is 9.93. The largest absolute Gasteiger partial charge is 0.398 e. The Bertz CT molecular complexity index is 623. The number of nitrogens with zero attached hydrogens (tertiary/aromatic N) is 1. The molecule has 0 aliphatic carbocycles. The summed E-state index contributed by atoms with van der Waals surface area (Å²) in [6, 6.07) is 6.01. The van der Waals surface area contributed by atoms with Crippen LogP contribution in [0.5, 0.6) is 0 Å². The zero-order valence-corrected chi connectivity index (χ0v) is 13.1. The maximum atomic E-state index is 8.98. The number of hydrogen-bond acceptors (Lipinski definition) is 4. The number of aryl methyl sites for hydroxylation is 1. The van der Waals surface area contributed by atoms with E-state index in [2.05, 4.69) is 30.2 Å². The molecular formula is C17H25N3O. The molecule has 0 radical (unpaired) electrons. The monoisotopic (exact) mass is 287 g/mol. The van der Waals surface area contributed by atoms with Gasteiger partial charge in [0, 0.05) is 47.2 Å². The van der Waals surface area contributed by atoms with Gasteiger partial charge in [-0.15, -0.1) is 0 Å². The summed E-state index contributed by atoms with van der Waals surface area (Å²) in [6.45, 7) is 7.51. The Balaban J connectivity index is 2.23. The summed E-state index contributed by atoms with van der Waals surface area (Å²) in [5.41, 5.74) is 8.98. The summed E-state index contributed by atoms with van der Waals surface area (Å²) in [7, 11) is 0. The maximum absolute atomic E-state index is 8.98. The zero-order chi connectivity index (χ0) is 15.5. The van der Waals surface area contributed by atoms with Crippen molar-refractivity contribution >= 4 is 22.1 Å². The molecule has 1 heterocycles. The Hall–Kier alpha value is -1.81. The molecule has 0 aliphatic rings. The minimum Gasteiger partial charge on any atom is -0.398 e. The van der Waals surface area contributed by atoms with Crippen molar-refractivity contribution in [3.05, 3.63) is 30.1 Å². The van der Waals surface area contributed by atoms with Crippen LogP contribution in [0, 0.1) is 12.3 Å². The van der Waals surface area contributed by atoms with Crippen LogP contribution in [0.3, 0.4) is 0 Å². The van der Waals surface area contributed by atoms with Crippen LogP contribution < -0.4 is 11.1 Å². The molecule has 2 rings (SSSR count). The Labute approximate surface area is 126 Å². The fourth-order valence-electron chi connectivity index (χ4n) is 2.50. The van der Waals surface area contributed by atoms with Gasteiger partial charge in [0.1, 0.15) is 0 Å². The van der Waals surface area contributed by atoms with Gasteiger partial charge in [-0.05, 0) is 43.4 Å². The smallest absolute Gasteiger partial charge is 0.0431 e. The number of benzene rings is 1. The Morgan fingerprint density at radius 1 is 1.29 bits per heavy atom. The third kappa shape index (κ3) is 3.85. The number of anilines is 2. The maximum Gasteiger partial charge on any atom is 0.0431 e. The van der Waals surface area contributed by atoms with Crippen molar-refractivity contribution in [3.63, 3.8) is 0 Å². The molecule has 0 atom stereocenters. The highest BCUT2D eigenvalue weighted by atomic mass is 16.2. The average Bonchev–Trinajstić information content (AvgIpc) is 2.44. The lowest BCUT2D eigenvalue weighted by atomic mass is 9.87. The van der Waals surface area contributed by atoms with Crippen LogP contribution in [0.1, 0.15) is 32.4 Å². The summed E-state index contributed by atoms with van der Waals surface area (Å²) >= 11 is 0. The summed E-state index contributed by atoms with van der Waals surface area (Å²) in [6.07, 6.45) is 3.66. The highest BCUT2D eigenvalue weighted by Crippen LogP contribution is 2.30. The van der Waals surface area contributed by atoms with Gasteiger partial charge in [0.05, 0.1) is 0 Å². The number of nitrogens with one attached hydrogen (secondary N) is 1. The third-order valence-corrected chi connectivity index (χ3v) is 3.84. The van der Waals surface area contributed by atoms with Gasteiger partial charge in [-0.1, -0.05) is 13.8 Å². The van der Waals surface area contributed by atoms with Crippen LogP contribution in [0.4, 0.5) is 11.4 Å². The van der Waals surface area contributed by atoms with Gasteiger partial charge in [-0.3, -0.25) is 4.98 Å². The fourth-order valence-corrected chi connectivity index (χ4v) is 2.50. The minimum atomic E-state index is 0.137. The number of aliphatic hydroxyl groups is 1. The van der Waals surface area contributed by atoms with E-state index in [0.29, 0.717) is 0 Å². The highest BCUT2D eigenvalue weighted by Gasteiger charge is 2.17. The molecule has 4 N–H and O–H groups in total. The molecule has 0 spiro atoms. The van der Waals surface area contributed by atoms with Crippen molar-refractivity contribution in [2.24, 2.45) is 5.41 Å². The van der Waals surface area contributed by atoms with Crippen LogP contribution in [-0.2, 0) is 0 Å². The Morgan fingerprint density at radius 3 is 2.76 bits per heavy atom. The molecule has 4 heteroatoms. The lowest BCUT2D eigenvalue weighted by molar-refractivity contribution is 0.248. The van der Waals surface area contributed by atoms with E-state index in [1.807, 2.05) is 25.3 Å². The van der Waals surface area contributed by atoms with E-state index in [4.69, 9.17) is 10.8 Å². The summed E-state index contributed by atoms with van der Waals surface area (Å²) < 4.78 is 0. The minimum absolute atomic E-state index is 0.137. The van der Waals surface area contributed by atoms with E-state index in [0.717, 1.165) is 47.2 Å². The van der Waals surface area contributed by atoms with Crippen LogP contribution in [0.15, 0.2) is 24.4 Å². The van der Waals surface area contributed by atoms with Gasteiger partial charge in [0.25, 0.3) is 0 Å². The SMILES string of the molecule is Cc1cc2c(NCC(C)(C)CCCO)ccc(N)c2cn1. The molecule has 0 fully saturated rings. The molecule has 1 aromatic heterocycles. The highest BCUT2D eigenvalue weighted by molar-refractivity contribution is 6.00. The molecule has 21 heavy (non-hydrogen) atoms. The Kier molecular flexibility index (Phi) is 4.68. The molecule has 0 saturated heterocycles. The molecule has 1 aromatic carbocycles. The molecule has 2 aromatic rings. The topological polar surface area (TPSA) is 71.2 Å². The number of fused-ring (bicyclic) bond motifs is 1. The van der Waals surface area contributed by atoms with Crippen molar-refractivity contribution in [1.29, 1.82) is 0 Å². The molecule has 114 valence electrons. The number of rotatable bonds is 6. The lowest BCUT2D eigenvalue weighted by Crippen LogP contribution is -2.23. The summed E-state index contributed by atoms with van der Waals surface area (Å²) in [5, 5.41) is 14.6. The number of aliphatic hydroxyl groups excluding tert-OH is 1. The molecule has 0 unspecified atom stereocenters. The van der Waals surface area contributed by atoms with Gasteiger partial charge in [-0.25, -0.2) is 0 Å². The molecule has 0 aliphatic heterocycles. The predicted molar refractivity (Wildman–Crippen MR) is 89.5 cm³/mol. The van der Waals surface area contributed by atoms with E-state index in [9.17, 15) is 0 Å². The number of nitrogen functional groups attached to an aromatic ring is 1. The second-order valence-corrected chi connectivity index (χ2v) is 6.42. The van der Waals surface area contributed by atoms with Crippen molar-refractivity contribution in [2.45, 2.75) is 33.6 Å². The quantitative estimate of drug-likeness (QED) is 0.713. The molecular weight excluding hydrogens is 262 g/mol.